The number of nitrogens with zero attached hydrogens (tertiary/aromatic N) is 2. The van der Waals surface area contributed by atoms with Gasteiger partial charge in [-0.2, -0.15) is 0 Å². The van der Waals surface area contributed by atoms with E-state index in [2.05, 4.69) is 10.3 Å². The van der Waals surface area contributed by atoms with Crippen molar-refractivity contribution in [2.45, 2.75) is 19.5 Å². The van der Waals surface area contributed by atoms with Gasteiger partial charge in [-0.1, -0.05) is 11.6 Å². The molecule has 0 fully saturated rings. The SMILES string of the molecule is CC(NCc1cn2cc(Cl)ccc2n1)C(N)=O. The highest BCUT2D eigenvalue weighted by atomic mass is 35.5. The van der Waals surface area contributed by atoms with Crippen molar-refractivity contribution in [3.63, 3.8) is 0 Å². The van der Waals surface area contributed by atoms with E-state index in [0.29, 0.717) is 11.6 Å². The highest BCUT2D eigenvalue weighted by Crippen LogP contribution is 2.11. The van der Waals surface area contributed by atoms with E-state index < -0.39 is 0 Å². The van der Waals surface area contributed by atoms with E-state index >= 15 is 0 Å². The lowest BCUT2D eigenvalue weighted by Gasteiger charge is -2.07. The Labute approximate surface area is 104 Å². The van der Waals surface area contributed by atoms with Crippen LogP contribution in [0, 0.1) is 0 Å². The van der Waals surface area contributed by atoms with Gasteiger partial charge >= 0.3 is 0 Å². The van der Waals surface area contributed by atoms with Gasteiger partial charge in [0.05, 0.1) is 16.8 Å². The predicted molar refractivity (Wildman–Crippen MR) is 65.7 cm³/mol. The second-order valence-electron chi connectivity index (χ2n) is 3.85. The number of nitrogens with two attached hydrogens (primary N) is 1. The van der Waals surface area contributed by atoms with Crippen LogP contribution < -0.4 is 11.1 Å². The lowest BCUT2D eigenvalue weighted by atomic mass is 10.3. The van der Waals surface area contributed by atoms with E-state index in [1.807, 2.05) is 16.7 Å². The van der Waals surface area contributed by atoms with Gasteiger partial charge in [0.15, 0.2) is 0 Å². The van der Waals surface area contributed by atoms with Gasteiger partial charge in [-0.25, -0.2) is 4.98 Å². The zero-order valence-corrected chi connectivity index (χ0v) is 10.1. The Bertz CT molecular complexity index is 551. The molecule has 0 aliphatic heterocycles. The number of carbonyl (C=O) groups excluding carboxylic acids is 1. The zero-order chi connectivity index (χ0) is 12.4. The Morgan fingerprint density at radius 3 is 3.06 bits per heavy atom. The van der Waals surface area contributed by atoms with E-state index in [1.165, 1.54) is 0 Å². The molecule has 2 aromatic rings. The summed E-state index contributed by atoms with van der Waals surface area (Å²) < 4.78 is 1.84. The number of imidazole rings is 1. The van der Waals surface area contributed by atoms with Crippen molar-refractivity contribution in [2.75, 3.05) is 0 Å². The molecule has 0 saturated carbocycles. The van der Waals surface area contributed by atoms with Gasteiger partial charge in [-0.15, -0.1) is 0 Å². The van der Waals surface area contributed by atoms with Crippen LogP contribution in [0.15, 0.2) is 24.5 Å². The molecule has 1 amide bonds. The number of pyridine rings is 1. The summed E-state index contributed by atoms with van der Waals surface area (Å²) in [5, 5.41) is 3.64. The van der Waals surface area contributed by atoms with Crippen LogP contribution in [0.5, 0.6) is 0 Å². The van der Waals surface area contributed by atoms with Crippen molar-refractivity contribution in [1.29, 1.82) is 0 Å². The number of halogens is 1. The molecule has 0 bridgehead atoms. The summed E-state index contributed by atoms with van der Waals surface area (Å²) in [7, 11) is 0. The van der Waals surface area contributed by atoms with Crippen LogP contribution in [0.1, 0.15) is 12.6 Å². The van der Waals surface area contributed by atoms with Crippen LogP contribution in [0.3, 0.4) is 0 Å². The highest BCUT2D eigenvalue weighted by molar-refractivity contribution is 6.30. The maximum Gasteiger partial charge on any atom is 0.234 e. The van der Waals surface area contributed by atoms with Crippen molar-refractivity contribution in [2.24, 2.45) is 5.73 Å². The van der Waals surface area contributed by atoms with Crippen LogP contribution in [0.2, 0.25) is 5.02 Å². The molecule has 0 aromatic carbocycles. The third kappa shape index (κ3) is 2.75. The monoisotopic (exact) mass is 252 g/mol. The Kier molecular flexibility index (Phi) is 3.31. The lowest BCUT2D eigenvalue weighted by Crippen LogP contribution is -2.38. The average molecular weight is 253 g/mol. The van der Waals surface area contributed by atoms with Crippen molar-refractivity contribution in [3.05, 3.63) is 35.2 Å². The zero-order valence-electron chi connectivity index (χ0n) is 9.35. The van der Waals surface area contributed by atoms with Crippen LogP contribution in [0.4, 0.5) is 0 Å². The molecule has 0 radical (unpaired) electrons. The molecule has 3 N–H and O–H groups in total. The molecule has 2 aromatic heterocycles. The number of hydrogen-bond acceptors (Lipinski definition) is 3. The van der Waals surface area contributed by atoms with E-state index in [1.54, 1.807) is 19.2 Å². The first-order valence-electron chi connectivity index (χ1n) is 5.22. The fourth-order valence-corrected chi connectivity index (χ4v) is 1.63. The van der Waals surface area contributed by atoms with E-state index in [0.717, 1.165) is 11.3 Å². The second-order valence-corrected chi connectivity index (χ2v) is 4.29. The molecule has 2 rings (SSSR count). The van der Waals surface area contributed by atoms with E-state index in [4.69, 9.17) is 17.3 Å². The lowest BCUT2D eigenvalue weighted by molar-refractivity contribution is -0.119. The molecule has 0 aliphatic carbocycles. The number of aromatic nitrogens is 2. The molecule has 90 valence electrons. The molecule has 1 unspecified atom stereocenters. The second kappa shape index (κ2) is 4.73. The van der Waals surface area contributed by atoms with Gasteiger partial charge in [-0.05, 0) is 19.1 Å². The summed E-state index contributed by atoms with van der Waals surface area (Å²) in [6.07, 6.45) is 3.65. The minimum absolute atomic E-state index is 0.372. The summed E-state index contributed by atoms with van der Waals surface area (Å²) in [6.45, 7) is 2.21. The number of nitrogens with one attached hydrogen (secondary N) is 1. The van der Waals surface area contributed by atoms with Crippen molar-refractivity contribution >= 4 is 23.2 Å². The Hall–Kier alpha value is -1.59. The molecule has 5 nitrogen and oxygen atoms in total. The van der Waals surface area contributed by atoms with Crippen LogP contribution in [-0.4, -0.2) is 21.3 Å². The predicted octanol–water partition coefficient (Wildman–Crippen LogP) is 0.951. The normalized spacial score (nSPS) is 12.8. The maximum absolute atomic E-state index is 10.9. The Morgan fingerprint density at radius 1 is 1.59 bits per heavy atom. The molecule has 2 heterocycles. The topological polar surface area (TPSA) is 72.4 Å². The molecule has 0 aliphatic rings. The number of rotatable bonds is 4. The molecular formula is C11H13ClN4O. The summed E-state index contributed by atoms with van der Waals surface area (Å²) in [5.41, 5.74) is 6.80. The quantitative estimate of drug-likeness (QED) is 0.851. The van der Waals surface area contributed by atoms with E-state index in [-0.39, 0.29) is 11.9 Å². The number of amides is 1. The molecular weight excluding hydrogens is 240 g/mol. The summed E-state index contributed by atoms with van der Waals surface area (Å²) >= 11 is 5.87. The summed E-state index contributed by atoms with van der Waals surface area (Å²) in [4.78, 5) is 15.2. The smallest absolute Gasteiger partial charge is 0.234 e. The molecule has 0 saturated heterocycles. The number of primary amides is 1. The highest BCUT2D eigenvalue weighted by Gasteiger charge is 2.08. The van der Waals surface area contributed by atoms with Crippen LogP contribution >= 0.6 is 11.6 Å². The van der Waals surface area contributed by atoms with Crippen molar-refractivity contribution in [1.82, 2.24) is 14.7 Å². The van der Waals surface area contributed by atoms with Gasteiger partial charge in [0.2, 0.25) is 5.91 Å². The third-order valence-electron chi connectivity index (χ3n) is 2.48. The van der Waals surface area contributed by atoms with Crippen LogP contribution in [0.25, 0.3) is 5.65 Å². The molecule has 1 atom stereocenters. The number of fused-ring (bicyclic) bond motifs is 1. The first kappa shape index (κ1) is 11.9. The molecule has 0 spiro atoms. The molecule has 17 heavy (non-hydrogen) atoms. The van der Waals surface area contributed by atoms with E-state index in [9.17, 15) is 4.79 Å². The Balaban J connectivity index is 2.12. The average Bonchev–Trinajstić information content (AvgIpc) is 2.67. The fourth-order valence-electron chi connectivity index (χ4n) is 1.46. The third-order valence-corrected chi connectivity index (χ3v) is 2.70. The van der Waals surface area contributed by atoms with Crippen molar-refractivity contribution in [3.8, 4) is 0 Å². The van der Waals surface area contributed by atoms with Gasteiger partial charge in [0.1, 0.15) is 5.65 Å². The van der Waals surface area contributed by atoms with Crippen molar-refractivity contribution < 1.29 is 4.79 Å². The van der Waals surface area contributed by atoms with Gasteiger partial charge in [-0.3, -0.25) is 4.79 Å². The Morgan fingerprint density at radius 2 is 2.35 bits per heavy atom. The minimum Gasteiger partial charge on any atom is -0.368 e. The summed E-state index contributed by atoms with van der Waals surface area (Å²) in [5.74, 6) is -0.378. The van der Waals surface area contributed by atoms with Gasteiger partial charge in [0, 0.05) is 18.9 Å². The number of carbonyl (C=O) groups is 1. The fraction of sp³-hybridized carbons (Fsp3) is 0.273. The summed E-state index contributed by atoms with van der Waals surface area (Å²) in [6, 6.07) is 3.25. The standard InChI is InChI=1S/C11H13ClN4O/c1-7(11(13)17)14-4-9-6-16-5-8(12)2-3-10(16)15-9/h2-3,5-7,14H,4H2,1H3,(H2,13,17). The van der Waals surface area contributed by atoms with Gasteiger partial charge in [0.25, 0.3) is 0 Å². The van der Waals surface area contributed by atoms with Gasteiger partial charge < -0.3 is 15.5 Å². The van der Waals surface area contributed by atoms with Crippen LogP contribution in [-0.2, 0) is 11.3 Å². The number of hydrogen-bond donors (Lipinski definition) is 2. The maximum atomic E-state index is 10.9. The largest absolute Gasteiger partial charge is 0.368 e. The first-order valence-corrected chi connectivity index (χ1v) is 5.60. The molecule has 6 heteroatoms. The first-order chi connectivity index (χ1) is 8.06. The minimum atomic E-state index is -0.378.